The first kappa shape index (κ1) is 30.0. The maximum atomic E-state index is 14.0. The molecule has 4 heterocycles. The molecule has 0 spiro atoms. The van der Waals surface area contributed by atoms with Crippen molar-refractivity contribution in [2.75, 3.05) is 19.7 Å². The van der Waals surface area contributed by atoms with E-state index in [0.29, 0.717) is 12.2 Å². The number of hydrogen-bond acceptors (Lipinski definition) is 8. The average Bonchev–Trinajstić information content (AvgIpc) is 3.72. The zero-order valence-electron chi connectivity index (χ0n) is 24.4. The van der Waals surface area contributed by atoms with Crippen LogP contribution in [0.2, 0.25) is 0 Å². The highest BCUT2D eigenvalue weighted by Gasteiger charge is 2.70. The summed E-state index contributed by atoms with van der Waals surface area (Å²) >= 11 is 6.34. The Balaban J connectivity index is 1.26. The molecule has 7 unspecified atom stereocenters. The predicted molar refractivity (Wildman–Crippen MR) is 167 cm³/mol. The first-order valence-corrected chi connectivity index (χ1v) is 17.7. The van der Waals surface area contributed by atoms with Crippen LogP contribution in [0.25, 0.3) is 0 Å². The smallest absolute Gasteiger partial charge is 0.327 e. The van der Waals surface area contributed by atoms with E-state index in [4.69, 9.17) is 4.74 Å². The normalized spacial score (nSPS) is 31.2. The van der Waals surface area contributed by atoms with Gasteiger partial charge in [0, 0.05) is 39.2 Å². The zero-order chi connectivity index (χ0) is 31.0. The number of rotatable bonds is 7. The largest absolute Gasteiger partial charge is 0.483 e. The lowest BCUT2D eigenvalue weighted by Crippen LogP contribution is -2.49. The van der Waals surface area contributed by atoms with Gasteiger partial charge in [-0.1, -0.05) is 41.1 Å². The van der Waals surface area contributed by atoms with Gasteiger partial charge < -0.3 is 19.7 Å². The van der Waals surface area contributed by atoms with Crippen LogP contribution in [0, 0.1) is 35.5 Å². The number of carbonyl (C=O) groups excluding carboxylic acids is 3. The number of nitrogens with zero attached hydrogens (tertiary/aromatic N) is 2. The van der Waals surface area contributed by atoms with Crippen LogP contribution < -0.4 is 9.61 Å². The molecule has 1 aromatic heterocycles. The molecule has 3 aliphatic heterocycles. The molecule has 234 valence electrons. The van der Waals surface area contributed by atoms with Crippen LogP contribution in [0.1, 0.15) is 55.9 Å². The number of aliphatic carboxylic acids is 1. The van der Waals surface area contributed by atoms with Crippen molar-refractivity contribution >= 4 is 62.7 Å². The minimum atomic E-state index is -1.20. The molecule has 7 rings (SSSR count). The molecule has 2 aliphatic carbocycles. The van der Waals surface area contributed by atoms with Crippen molar-refractivity contribution in [2.24, 2.45) is 35.5 Å². The summed E-state index contributed by atoms with van der Waals surface area (Å²) < 4.78 is 7.06. The van der Waals surface area contributed by atoms with Gasteiger partial charge in [0.2, 0.25) is 11.8 Å². The van der Waals surface area contributed by atoms with Gasteiger partial charge in [0.25, 0.3) is 5.91 Å². The van der Waals surface area contributed by atoms with Gasteiger partial charge in [-0.3, -0.25) is 24.1 Å². The molecule has 13 heteroatoms. The summed E-state index contributed by atoms with van der Waals surface area (Å²) in [7, 11) is 0. The number of thiazole rings is 1. The third-order valence-corrected chi connectivity index (χ3v) is 13.4. The van der Waals surface area contributed by atoms with Gasteiger partial charge in [0.15, 0.2) is 6.61 Å². The van der Waals surface area contributed by atoms with E-state index < -0.39 is 29.8 Å². The Kier molecular flexibility index (Phi) is 7.72. The Morgan fingerprint density at radius 2 is 1.80 bits per heavy atom. The van der Waals surface area contributed by atoms with Gasteiger partial charge in [0.05, 0.1) is 16.9 Å². The highest BCUT2D eigenvalue weighted by molar-refractivity contribution is 9.10. The maximum Gasteiger partial charge on any atom is 0.327 e. The number of nitrogens with one attached hydrogen (secondary N) is 1. The first-order valence-electron chi connectivity index (χ1n) is 15.3. The third kappa shape index (κ3) is 4.67. The van der Waals surface area contributed by atoms with Crippen molar-refractivity contribution in [1.82, 2.24) is 14.8 Å². The minimum absolute atomic E-state index is 0.0511. The number of aromatic amines is 1. The summed E-state index contributed by atoms with van der Waals surface area (Å²) in [5.74, 6) is -3.69. The van der Waals surface area contributed by atoms with E-state index in [9.17, 15) is 29.1 Å². The third-order valence-electron chi connectivity index (χ3n) is 10.3. The van der Waals surface area contributed by atoms with Crippen LogP contribution in [0.4, 0.5) is 0 Å². The lowest BCUT2D eigenvalue weighted by Gasteiger charge is -2.43. The van der Waals surface area contributed by atoms with Crippen LogP contribution in [0.3, 0.4) is 0 Å². The highest BCUT2D eigenvalue weighted by atomic mass is 79.9. The summed E-state index contributed by atoms with van der Waals surface area (Å²) in [5, 5.41) is 10.7. The fourth-order valence-corrected chi connectivity index (χ4v) is 11.9. The molecule has 3 amide bonds. The van der Waals surface area contributed by atoms with E-state index in [1.54, 1.807) is 25.6 Å². The molecule has 5 aliphatic rings. The van der Waals surface area contributed by atoms with Crippen molar-refractivity contribution in [3.05, 3.63) is 42.8 Å². The van der Waals surface area contributed by atoms with Gasteiger partial charge in [0.1, 0.15) is 11.8 Å². The number of thioether (sulfide) groups is 1. The van der Waals surface area contributed by atoms with Crippen molar-refractivity contribution < 1.29 is 29.0 Å². The summed E-state index contributed by atoms with van der Waals surface area (Å²) in [5.41, 5.74) is 0.834. The summed E-state index contributed by atoms with van der Waals surface area (Å²) in [4.78, 5) is 72.3. The Morgan fingerprint density at radius 1 is 1.09 bits per heavy atom. The SMILES string of the molecule is CC(C)C(C(=O)O)N1C(=O)C2C3CC(C2C1=O)C1C3Sc2[nH]c(=O)sc2[C@@H]1c1cc(Br)ccc1OCC(=O)N1CCCCC1. The van der Waals surface area contributed by atoms with Gasteiger partial charge in [-0.2, -0.15) is 0 Å². The van der Waals surface area contributed by atoms with Crippen molar-refractivity contribution in [3.8, 4) is 5.75 Å². The monoisotopic (exact) mass is 703 g/mol. The number of ether oxygens (including phenoxy) is 1. The van der Waals surface area contributed by atoms with Crippen LogP contribution in [0.15, 0.2) is 32.5 Å². The Bertz CT molecular complexity index is 1600. The molecule has 8 atom stereocenters. The number of fused-ring (bicyclic) bond motifs is 9. The van der Waals surface area contributed by atoms with Crippen LogP contribution in [0.5, 0.6) is 5.75 Å². The summed E-state index contributed by atoms with van der Waals surface area (Å²) in [6.07, 6.45) is 3.79. The van der Waals surface area contributed by atoms with Crippen LogP contribution in [-0.4, -0.2) is 74.6 Å². The van der Waals surface area contributed by atoms with E-state index in [0.717, 1.165) is 68.5 Å². The second kappa shape index (κ2) is 11.3. The molecule has 2 aromatic rings. The number of hydrogen-bond donors (Lipinski definition) is 2. The number of piperidine rings is 1. The number of likely N-dealkylation sites (tertiary alicyclic amines) is 2. The number of carboxylic acids is 1. The molecule has 2 saturated heterocycles. The first-order chi connectivity index (χ1) is 21.1. The topological polar surface area (TPSA) is 137 Å². The fourth-order valence-electron chi connectivity index (χ4n) is 8.62. The van der Waals surface area contributed by atoms with E-state index in [1.165, 1.54) is 0 Å². The lowest BCUT2D eigenvalue weighted by molar-refractivity contribution is -0.157. The van der Waals surface area contributed by atoms with Crippen molar-refractivity contribution in [1.29, 1.82) is 0 Å². The quantitative estimate of drug-likeness (QED) is 0.410. The van der Waals surface area contributed by atoms with Gasteiger partial charge >= 0.3 is 10.8 Å². The number of H-pyrrole nitrogens is 1. The predicted octanol–water partition coefficient (Wildman–Crippen LogP) is 4.17. The highest BCUT2D eigenvalue weighted by Crippen LogP contribution is 2.69. The molecule has 44 heavy (non-hydrogen) atoms. The molecule has 2 saturated carbocycles. The molecule has 2 N–H and O–H groups in total. The Hall–Kier alpha value is -2.64. The summed E-state index contributed by atoms with van der Waals surface area (Å²) in [6, 6.07) is 4.48. The Labute approximate surface area is 271 Å². The number of aromatic nitrogens is 1. The number of imide groups is 1. The summed E-state index contributed by atoms with van der Waals surface area (Å²) in [6.45, 7) is 4.80. The average molecular weight is 705 g/mol. The minimum Gasteiger partial charge on any atom is -0.483 e. The molecule has 2 bridgehead atoms. The molecule has 0 radical (unpaired) electrons. The fraction of sp³-hybridized carbons (Fsp3) is 0.581. The number of carbonyl (C=O) groups is 4. The van der Waals surface area contributed by atoms with Crippen molar-refractivity contribution in [3.63, 3.8) is 0 Å². The molecule has 4 fully saturated rings. The molecular formula is C31H34BrN3O7S2. The van der Waals surface area contributed by atoms with Gasteiger partial charge in [-0.25, -0.2) is 4.79 Å². The second-order valence-electron chi connectivity index (χ2n) is 12.9. The second-order valence-corrected chi connectivity index (χ2v) is 16.1. The van der Waals surface area contributed by atoms with E-state index >= 15 is 0 Å². The van der Waals surface area contributed by atoms with Crippen LogP contribution >= 0.6 is 39.0 Å². The Morgan fingerprint density at radius 3 is 2.48 bits per heavy atom. The van der Waals surface area contributed by atoms with E-state index in [1.807, 2.05) is 23.1 Å². The zero-order valence-corrected chi connectivity index (χ0v) is 27.6. The van der Waals surface area contributed by atoms with E-state index in [-0.39, 0.29) is 58.1 Å². The lowest BCUT2D eigenvalue weighted by atomic mass is 9.68. The number of carboxylic acid groups (broad SMARTS) is 1. The molecular weight excluding hydrogens is 670 g/mol. The van der Waals surface area contributed by atoms with Gasteiger partial charge in [-0.05, 0) is 67.6 Å². The van der Waals surface area contributed by atoms with Crippen LogP contribution in [-0.2, 0) is 19.2 Å². The maximum absolute atomic E-state index is 14.0. The molecule has 10 nitrogen and oxygen atoms in total. The van der Waals surface area contributed by atoms with Gasteiger partial charge in [-0.15, -0.1) is 11.8 Å². The van der Waals surface area contributed by atoms with Crippen molar-refractivity contribution in [2.45, 2.75) is 61.8 Å². The number of benzene rings is 1. The number of halogens is 1. The number of amides is 3. The van der Waals surface area contributed by atoms with E-state index in [2.05, 4.69) is 20.9 Å². The standard InChI is InChI=1S/C31H34BrN3O7S2/c1-13(2)24(30(39)40)35-28(37)22-16-11-17(23(22)29(35)38)25-21(16)20(26-27(43-25)33-31(41)44-26)15-10-14(32)6-7-18(15)42-12-19(36)34-8-4-3-5-9-34/h6-7,10,13,16-17,20-25H,3-5,8-9,11-12H2,1-2H3,(H,33,41)(H,39,40)/t16?,17?,20-,21?,22?,23?,24?,25?/m1/s1. The molecule has 1 aromatic carbocycles.